The first kappa shape index (κ1) is 10.2. The van der Waals surface area contributed by atoms with Gasteiger partial charge in [0.2, 0.25) is 0 Å². The van der Waals surface area contributed by atoms with Gasteiger partial charge in [0.05, 0.1) is 0 Å². The Morgan fingerprint density at radius 2 is 1.60 bits per heavy atom. The largest absolute Gasteiger partial charge is 0.206 e. The molecule has 2 aromatic rings. The Morgan fingerprint density at radius 1 is 0.933 bits per heavy atom. The van der Waals surface area contributed by atoms with Gasteiger partial charge in [-0.05, 0) is 30.2 Å². The maximum atomic E-state index is 13.5. The van der Waals surface area contributed by atoms with Gasteiger partial charge in [0.15, 0.2) is 0 Å². The Balaban J connectivity index is 2.65. The fourth-order valence-corrected chi connectivity index (χ4v) is 1.75. The van der Waals surface area contributed by atoms with Gasteiger partial charge in [0, 0.05) is 10.6 Å². The lowest BCUT2D eigenvalue weighted by atomic mass is 10.0. The predicted molar refractivity (Wildman–Crippen MR) is 61.6 cm³/mol. The summed E-state index contributed by atoms with van der Waals surface area (Å²) in [4.78, 5) is 0. The summed E-state index contributed by atoms with van der Waals surface area (Å²) in [5.74, 6) is -0.220. The van der Waals surface area contributed by atoms with E-state index in [1.807, 2.05) is 25.1 Å². The zero-order valence-electron chi connectivity index (χ0n) is 8.30. The van der Waals surface area contributed by atoms with Crippen molar-refractivity contribution in [2.24, 2.45) is 0 Å². The second kappa shape index (κ2) is 4.03. The third-order valence-corrected chi connectivity index (χ3v) is 2.84. The minimum Gasteiger partial charge on any atom is -0.206 e. The molecule has 2 aromatic carbocycles. The van der Waals surface area contributed by atoms with Crippen LogP contribution in [0.4, 0.5) is 4.39 Å². The van der Waals surface area contributed by atoms with Crippen LogP contribution in [0.3, 0.4) is 0 Å². The van der Waals surface area contributed by atoms with Gasteiger partial charge >= 0.3 is 0 Å². The van der Waals surface area contributed by atoms with E-state index in [2.05, 4.69) is 0 Å². The highest BCUT2D eigenvalue weighted by Crippen LogP contribution is 2.29. The molecule has 0 saturated heterocycles. The number of hydrogen-bond donors (Lipinski definition) is 0. The van der Waals surface area contributed by atoms with Gasteiger partial charge < -0.3 is 0 Å². The van der Waals surface area contributed by atoms with E-state index < -0.39 is 0 Å². The standard InChI is InChI=1S/C13H10ClF/c1-9-10(6-4-7-12(9)14)11-5-2-3-8-13(11)15/h2-8H,1H3. The van der Waals surface area contributed by atoms with Crippen molar-refractivity contribution < 1.29 is 4.39 Å². The number of rotatable bonds is 1. The molecule has 0 aliphatic rings. The maximum absolute atomic E-state index is 13.5. The topological polar surface area (TPSA) is 0 Å². The van der Waals surface area contributed by atoms with Crippen LogP contribution in [-0.2, 0) is 0 Å². The zero-order chi connectivity index (χ0) is 10.8. The molecule has 0 bridgehead atoms. The van der Waals surface area contributed by atoms with E-state index in [1.165, 1.54) is 6.07 Å². The van der Waals surface area contributed by atoms with Gasteiger partial charge in [-0.25, -0.2) is 4.39 Å². The molecule has 0 amide bonds. The Kier molecular flexibility index (Phi) is 2.74. The molecule has 0 fully saturated rings. The lowest BCUT2D eigenvalue weighted by molar-refractivity contribution is 0.631. The monoisotopic (exact) mass is 220 g/mol. The second-order valence-electron chi connectivity index (χ2n) is 3.39. The zero-order valence-corrected chi connectivity index (χ0v) is 9.05. The Morgan fingerprint density at radius 3 is 2.33 bits per heavy atom. The van der Waals surface area contributed by atoms with Crippen LogP contribution in [0, 0.1) is 12.7 Å². The number of benzene rings is 2. The molecule has 2 rings (SSSR count). The molecule has 0 aliphatic heterocycles. The molecule has 2 heteroatoms. The van der Waals surface area contributed by atoms with Crippen LogP contribution in [0.5, 0.6) is 0 Å². The van der Waals surface area contributed by atoms with Crippen LogP contribution < -0.4 is 0 Å². The van der Waals surface area contributed by atoms with E-state index in [0.717, 1.165) is 11.1 Å². The molecular weight excluding hydrogens is 211 g/mol. The third-order valence-electron chi connectivity index (χ3n) is 2.43. The van der Waals surface area contributed by atoms with Crippen LogP contribution in [0.2, 0.25) is 5.02 Å². The highest BCUT2D eigenvalue weighted by atomic mass is 35.5. The first-order valence-corrected chi connectivity index (χ1v) is 5.08. The van der Waals surface area contributed by atoms with Crippen LogP contribution in [0.25, 0.3) is 11.1 Å². The second-order valence-corrected chi connectivity index (χ2v) is 3.80. The molecule has 0 unspecified atom stereocenters. The summed E-state index contributed by atoms with van der Waals surface area (Å²) < 4.78 is 13.5. The van der Waals surface area contributed by atoms with E-state index in [1.54, 1.807) is 18.2 Å². The lowest BCUT2D eigenvalue weighted by Gasteiger charge is -2.08. The van der Waals surface area contributed by atoms with Gasteiger partial charge in [-0.15, -0.1) is 0 Å². The Labute approximate surface area is 93.3 Å². The average Bonchev–Trinajstić information content (AvgIpc) is 2.23. The summed E-state index contributed by atoms with van der Waals surface area (Å²) in [5.41, 5.74) is 2.35. The van der Waals surface area contributed by atoms with Gasteiger partial charge in [-0.3, -0.25) is 0 Å². The van der Waals surface area contributed by atoms with Crippen LogP contribution in [0.1, 0.15) is 5.56 Å². The van der Waals surface area contributed by atoms with Crippen LogP contribution in [0.15, 0.2) is 42.5 Å². The lowest BCUT2D eigenvalue weighted by Crippen LogP contribution is -1.87. The van der Waals surface area contributed by atoms with E-state index in [9.17, 15) is 4.39 Å². The Hall–Kier alpha value is -1.34. The minimum atomic E-state index is -0.220. The molecule has 15 heavy (non-hydrogen) atoms. The van der Waals surface area contributed by atoms with Crippen molar-refractivity contribution in [1.29, 1.82) is 0 Å². The predicted octanol–water partition coefficient (Wildman–Crippen LogP) is 4.45. The highest BCUT2D eigenvalue weighted by Gasteiger charge is 2.08. The molecule has 0 radical (unpaired) electrons. The van der Waals surface area contributed by atoms with E-state index in [0.29, 0.717) is 10.6 Å². The van der Waals surface area contributed by atoms with E-state index in [-0.39, 0.29) is 5.82 Å². The first-order chi connectivity index (χ1) is 7.20. The van der Waals surface area contributed by atoms with Crippen molar-refractivity contribution in [2.75, 3.05) is 0 Å². The first-order valence-electron chi connectivity index (χ1n) is 4.70. The normalized spacial score (nSPS) is 10.3. The fourth-order valence-electron chi connectivity index (χ4n) is 1.58. The molecule has 0 N–H and O–H groups in total. The summed E-state index contributed by atoms with van der Waals surface area (Å²) in [5, 5.41) is 0.663. The molecule has 0 spiro atoms. The molecule has 0 saturated carbocycles. The summed E-state index contributed by atoms with van der Waals surface area (Å²) in [7, 11) is 0. The SMILES string of the molecule is Cc1c(Cl)cccc1-c1ccccc1F. The molecule has 0 atom stereocenters. The van der Waals surface area contributed by atoms with Crippen LogP contribution in [-0.4, -0.2) is 0 Å². The molecular formula is C13H10ClF. The molecule has 0 aliphatic carbocycles. The van der Waals surface area contributed by atoms with Crippen molar-refractivity contribution in [3.8, 4) is 11.1 Å². The average molecular weight is 221 g/mol. The summed E-state index contributed by atoms with van der Waals surface area (Å²) >= 11 is 5.99. The van der Waals surface area contributed by atoms with Gasteiger partial charge in [-0.1, -0.05) is 41.9 Å². The molecule has 76 valence electrons. The van der Waals surface area contributed by atoms with Crippen molar-refractivity contribution >= 4 is 11.6 Å². The smallest absolute Gasteiger partial charge is 0.131 e. The van der Waals surface area contributed by atoms with E-state index >= 15 is 0 Å². The fraction of sp³-hybridized carbons (Fsp3) is 0.0769. The molecule has 0 aromatic heterocycles. The highest BCUT2D eigenvalue weighted by molar-refractivity contribution is 6.31. The number of halogens is 2. The van der Waals surface area contributed by atoms with E-state index in [4.69, 9.17) is 11.6 Å². The summed E-state index contributed by atoms with van der Waals surface area (Å²) in [6.45, 7) is 1.89. The molecule has 0 heterocycles. The molecule has 0 nitrogen and oxygen atoms in total. The van der Waals surface area contributed by atoms with Gasteiger partial charge in [0.1, 0.15) is 5.82 Å². The summed E-state index contributed by atoms with van der Waals surface area (Å²) in [6, 6.07) is 12.2. The van der Waals surface area contributed by atoms with Crippen molar-refractivity contribution in [2.45, 2.75) is 6.92 Å². The van der Waals surface area contributed by atoms with Crippen molar-refractivity contribution in [3.05, 3.63) is 58.9 Å². The Bertz CT molecular complexity index is 492. The van der Waals surface area contributed by atoms with Gasteiger partial charge in [-0.2, -0.15) is 0 Å². The quantitative estimate of drug-likeness (QED) is 0.666. The summed E-state index contributed by atoms with van der Waals surface area (Å²) in [6.07, 6.45) is 0. The van der Waals surface area contributed by atoms with Crippen LogP contribution >= 0.6 is 11.6 Å². The number of hydrogen-bond acceptors (Lipinski definition) is 0. The van der Waals surface area contributed by atoms with Crippen molar-refractivity contribution in [1.82, 2.24) is 0 Å². The van der Waals surface area contributed by atoms with Crippen molar-refractivity contribution in [3.63, 3.8) is 0 Å². The third kappa shape index (κ3) is 1.88. The maximum Gasteiger partial charge on any atom is 0.131 e. The minimum absolute atomic E-state index is 0.220. The van der Waals surface area contributed by atoms with Gasteiger partial charge in [0.25, 0.3) is 0 Å².